The number of amides is 1. The third kappa shape index (κ3) is 6.21. The van der Waals surface area contributed by atoms with Gasteiger partial charge in [0.25, 0.3) is 0 Å². The Kier molecular flexibility index (Phi) is 8.96. The molecule has 0 spiro atoms. The highest BCUT2D eigenvalue weighted by atomic mass is 16.6. The summed E-state index contributed by atoms with van der Waals surface area (Å²) in [5.41, 5.74) is 4.48. The molecular formula is C34H40N6O4. The van der Waals surface area contributed by atoms with Gasteiger partial charge in [0.1, 0.15) is 18.5 Å². The molecule has 0 bridgehead atoms. The van der Waals surface area contributed by atoms with Crippen molar-refractivity contribution in [3.05, 3.63) is 77.3 Å². The van der Waals surface area contributed by atoms with Gasteiger partial charge in [0.15, 0.2) is 0 Å². The summed E-state index contributed by atoms with van der Waals surface area (Å²) >= 11 is 0. The number of carbonyl (C=O) groups is 1. The molecule has 10 heteroatoms. The summed E-state index contributed by atoms with van der Waals surface area (Å²) in [4.78, 5) is 32.4. The van der Waals surface area contributed by atoms with E-state index in [0.29, 0.717) is 45.4 Å². The molecule has 6 rings (SSSR count). The molecule has 1 unspecified atom stereocenters. The number of piperazine rings is 1. The summed E-state index contributed by atoms with van der Waals surface area (Å²) in [5, 5.41) is 2.48. The summed E-state index contributed by atoms with van der Waals surface area (Å²) in [6.45, 7) is 20.3. The van der Waals surface area contributed by atoms with E-state index in [-0.39, 0.29) is 30.7 Å². The lowest BCUT2D eigenvalue weighted by Crippen LogP contribution is -2.56. The predicted octanol–water partition coefficient (Wildman–Crippen LogP) is 4.20. The Bertz CT molecular complexity index is 1560. The van der Waals surface area contributed by atoms with E-state index >= 15 is 0 Å². The number of anilines is 2. The van der Waals surface area contributed by atoms with Crippen LogP contribution in [0.5, 0.6) is 6.01 Å². The fraction of sp³-hybridized carbons (Fsp3) is 0.471. The first-order valence-corrected chi connectivity index (χ1v) is 15.5. The molecule has 3 aliphatic rings. The highest BCUT2D eigenvalue weighted by Crippen LogP contribution is 2.36. The minimum Gasteiger partial charge on any atom is -0.461 e. The minimum absolute atomic E-state index is 0.0836. The monoisotopic (exact) mass is 596 g/mol. The maximum atomic E-state index is 12.6. The minimum atomic E-state index is -0.248. The zero-order valence-corrected chi connectivity index (χ0v) is 25.6. The zero-order valence-electron chi connectivity index (χ0n) is 25.6. The Morgan fingerprint density at radius 3 is 2.82 bits per heavy atom. The number of hydrogen-bond acceptors (Lipinski definition) is 8. The lowest BCUT2D eigenvalue weighted by Gasteiger charge is -2.41. The molecule has 2 saturated heterocycles. The third-order valence-electron chi connectivity index (χ3n) is 8.76. The molecule has 2 fully saturated rings. The Labute approximate surface area is 259 Å². The van der Waals surface area contributed by atoms with Gasteiger partial charge in [0.2, 0.25) is 12.5 Å². The maximum absolute atomic E-state index is 12.6. The Hall–Kier alpha value is -4.20. The molecule has 3 aliphatic heterocycles. The van der Waals surface area contributed by atoms with Gasteiger partial charge < -0.3 is 33.8 Å². The van der Waals surface area contributed by atoms with Crippen molar-refractivity contribution in [1.29, 1.82) is 0 Å². The van der Waals surface area contributed by atoms with E-state index in [2.05, 4.69) is 64.5 Å². The fourth-order valence-corrected chi connectivity index (χ4v) is 6.59. The zero-order chi connectivity index (χ0) is 30.6. The van der Waals surface area contributed by atoms with Crippen molar-refractivity contribution in [3.8, 4) is 6.01 Å². The molecule has 1 aromatic heterocycles. The molecule has 230 valence electrons. The molecule has 3 aromatic rings. The summed E-state index contributed by atoms with van der Waals surface area (Å²) in [5.74, 6) is 0.687. The van der Waals surface area contributed by atoms with Gasteiger partial charge in [-0.3, -0.25) is 4.79 Å². The summed E-state index contributed by atoms with van der Waals surface area (Å²) in [6.07, 6.45) is 2.93. The smallest absolute Gasteiger partial charge is 0.318 e. The first kappa shape index (κ1) is 29.9. The van der Waals surface area contributed by atoms with Crippen LogP contribution in [-0.4, -0.2) is 91.6 Å². The average Bonchev–Trinajstić information content (AvgIpc) is 3.56. The van der Waals surface area contributed by atoms with Crippen LogP contribution in [0.4, 0.5) is 11.5 Å². The van der Waals surface area contributed by atoms with Gasteiger partial charge in [-0.15, -0.1) is 0 Å². The van der Waals surface area contributed by atoms with E-state index in [1.54, 1.807) is 4.90 Å². The molecule has 3 atom stereocenters. The van der Waals surface area contributed by atoms with Gasteiger partial charge in [-0.25, -0.2) is 6.57 Å². The topological polar surface area (TPSA) is 84.6 Å². The number of ether oxygens (including phenoxy) is 3. The van der Waals surface area contributed by atoms with Crippen LogP contribution in [0.3, 0.4) is 0 Å². The number of nitrogens with zero attached hydrogens (tertiary/aromatic N) is 6. The van der Waals surface area contributed by atoms with E-state index in [1.165, 1.54) is 28.1 Å². The lowest BCUT2D eigenvalue weighted by molar-refractivity contribution is -0.128. The third-order valence-corrected chi connectivity index (χ3v) is 8.76. The molecular weight excluding hydrogens is 556 g/mol. The molecule has 44 heavy (non-hydrogen) atoms. The molecule has 0 saturated carbocycles. The maximum Gasteiger partial charge on any atom is 0.318 e. The van der Waals surface area contributed by atoms with Crippen molar-refractivity contribution in [2.24, 2.45) is 0 Å². The molecule has 0 aliphatic carbocycles. The van der Waals surface area contributed by atoms with Gasteiger partial charge in [-0.1, -0.05) is 36.9 Å². The quantitative estimate of drug-likeness (QED) is 0.269. The number of carbonyl (C=O) groups excluding carboxylic acids is 1. The van der Waals surface area contributed by atoms with Crippen LogP contribution in [0.2, 0.25) is 0 Å². The number of benzene rings is 2. The van der Waals surface area contributed by atoms with E-state index in [4.69, 9.17) is 30.8 Å². The van der Waals surface area contributed by atoms with E-state index in [0.717, 1.165) is 43.1 Å². The molecule has 10 nitrogen and oxygen atoms in total. The van der Waals surface area contributed by atoms with Crippen LogP contribution < -0.4 is 14.5 Å². The van der Waals surface area contributed by atoms with E-state index in [1.807, 2.05) is 6.92 Å². The van der Waals surface area contributed by atoms with Crippen LogP contribution in [0.25, 0.3) is 15.6 Å². The van der Waals surface area contributed by atoms with Gasteiger partial charge in [-0.05, 0) is 49.8 Å². The van der Waals surface area contributed by atoms with Gasteiger partial charge in [0, 0.05) is 49.4 Å². The second kappa shape index (κ2) is 13.2. The number of aryl methyl sites for hydroxylation is 1. The standard InChI is InChI=1S/C34H40N6O4/c1-5-31(41)40-16-15-39(19-26(40)18-35-4)33-28-12-14-38(30-11-7-10-25-9-6-8-23(2)32(25)30)20-29(28)36-34(37-33)43-21-24(3)44-27-13-17-42-22-27/h5-11,24,26-27H,1,12-22H2,2-3H3/t24-,26-,27?/m0/s1. The van der Waals surface area contributed by atoms with Crippen molar-refractivity contribution >= 4 is 28.2 Å². The highest BCUT2D eigenvalue weighted by molar-refractivity contribution is 5.97. The first-order valence-electron chi connectivity index (χ1n) is 15.5. The SMILES string of the molecule is [C-]#[N+]C[C@H]1CN(c2nc(OC[C@H](C)OC3CCOC3)nc3c2CCN(c2cccc4cccc(C)c24)C3)CCN1C(=O)C=C. The van der Waals surface area contributed by atoms with E-state index < -0.39 is 0 Å². The molecule has 1 amide bonds. The predicted molar refractivity (Wildman–Crippen MR) is 170 cm³/mol. The van der Waals surface area contributed by atoms with Crippen molar-refractivity contribution in [3.63, 3.8) is 0 Å². The number of rotatable bonds is 9. The summed E-state index contributed by atoms with van der Waals surface area (Å²) < 4.78 is 17.8. The highest BCUT2D eigenvalue weighted by Gasteiger charge is 2.35. The van der Waals surface area contributed by atoms with Crippen molar-refractivity contribution in [2.45, 2.75) is 51.5 Å². The molecule has 0 N–H and O–H groups in total. The van der Waals surface area contributed by atoms with Crippen molar-refractivity contribution in [1.82, 2.24) is 14.9 Å². The Morgan fingerprint density at radius 2 is 2.05 bits per heavy atom. The molecule has 4 heterocycles. The normalized spacial score (nSPS) is 20.7. The van der Waals surface area contributed by atoms with Crippen LogP contribution in [0, 0.1) is 13.5 Å². The lowest BCUT2D eigenvalue weighted by atomic mass is 9.99. The Morgan fingerprint density at radius 1 is 1.20 bits per heavy atom. The molecule has 2 aromatic carbocycles. The largest absolute Gasteiger partial charge is 0.461 e. The van der Waals surface area contributed by atoms with E-state index in [9.17, 15) is 4.79 Å². The first-order chi connectivity index (χ1) is 21.4. The van der Waals surface area contributed by atoms with Gasteiger partial charge >= 0.3 is 6.01 Å². The van der Waals surface area contributed by atoms with Crippen LogP contribution in [0.1, 0.15) is 30.2 Å². The van der Waals surface area contributed by atoms with Crippen LogP contribution in [0.15, 0.2) is 49.1 Å². The summed E-state index contributed by atoms with van der Waals surface area (Å²) in [7, 11) is 0. The number of hydrogen-bond donors (Lipinski definition) is 0. The second-order valence-electron chi connectivity index (χ2n) is 11.8. The van der Waals surface area contributed by atoms with Crippen molar-refractivity contribution < 1.29 is 19.0 Å². The van der Waals surface area contributed by atoms with Crippen molar-refractivity contribution in [2.75, 3.05) is 62.3 Å². The fourth-order valence-electron chi connectivity index (χ4n) is 6.59. The van der Waals surface area contributed by atoms with Gasteiger partial charge in [0.05, 0.1) is 31.1 Å². The number of fused-ring (bicyclic) bond motifs is 2. The van der Waals surface area contributed by atoms with Crippen LogP contribution >= 0.6 is 0 Å². The number of aromatic nitrogens is 2. The van der Waals surface area contributed by atoms with Gasteiger partial charge in [-0.2, -0.15) is 9.97 Å². The van der Waals surface area contributed by atoms with Crippen LogP contribution in [-0.2, 0) is 27.2 Å². The molecule has 0 radical (unpaired) electrons. The average molecular weight is 597 g/mol. The second-order valence-corrected chi connectivity index (χ2v) is 11.8. The Balaban J connectivity index is 1.30. The summed E-state index contributed by atoms with van der Waals surface area (Å²) in [6, 6.07) is 13.0.